The largest absolute Gasteiger partial charge is 0.393 e. The van der Waals surface area contributed by atoms with E-state index in [1.165, 1.54) is 0 Å². The second-order valence-corrected chi connectivity index (χ2v) is 5.10. The molecule has 0 radical (unpaired) electrons. The van der Waals surface area contributed by atoms with Crippen molar-refractivity contribution in [2.24, 2.45) is 7.05 Å². The maximum Gasteiger partial charge on any atom is 0.315 e. The van der Waals surface area contributed by atoms with Gasteiger partial charge in [-0.1, -0.05) is 0 Å². The van der Waals surface area contributed by atoms with Gasteiger partial charge in [0.05, 0.1) is 22.8 Å². The van der Waals surface area contributed by atoms with E-state index in [0.29, 0.717) is 19.4 Å². The van der Waals surface area contributed by atoms with E-state index < -0.39 is 0 Å². The lowest BCUT2D eigenvalue weighted by atomic mass is 9.90. The Morgan fingerprint density at radius 2 is 2.41 bits per heavy atom. The van der Waals surface area contributed by atoms with Crippen LogP contribution >= 0.6 is 15.9 Å². The molecule has 0 aromatic carbocycles. The fourth-order valence-electron chi connectivity index (χ4n) is 1.73. The molecule has 1 aromatic rings. The van der Waals surface area contributed by atoms with Gasteiger partial charge in [0.15, 0.2) is 0 Å². The molecule has 1 heterocycles. The van der Waals surface area contributed by atoms with Crippen molar-refractivity contribution >= 4 is 22.0 Å². The summed E-state index contributed by atoms with van der Waals surface area (Å²) in [5.74, 6) is 0. The summed E-state index contributed by atoms with van der Waals surface area (Å²) in [7, 11) is 1.82. The van der Waals surface area contributed by atoms with Crippen LogP contribution in [0.25, 0.3) is 0 Å². The lowest BCUT2D eigenvalue weighted by molar-refractivity contribution is 0.0663. The second kappa shape index (κ2) is 5.05. The highest BCUT2D eigenvalue weighted by molar-refractivity contribution is 9.10. The number of aryl methyl sites for hydroxylation is 1. The van der Waals surface area contributed by atoms with Crippen molar-refractivity contribution < 1.29 is 9.90 Å². The number of aliphatic hydroxyl groups excluding tert-OH is 1. The highest BCUT2D eigenvalue weighted by atomic mass is 79.9. The average molecular weight is 303 g/mol. The first-order chi connectivity index (χ1) is 8.04. The predicted molar refractivity (Wildman–Crippen MR) is 65.3 cm³/mol. The molecule has 6 nitrogen and oxygen atoms in total. The Morgan fingerprint density at radius 1 is 1.71 bits per heavy atom. The molecule has 17 heavy (non-hydrogen) atoms. The summed E-state index contributed by atoms with van der Waals surface area (Å²) < 4.78 is 2.56. The molecule has 2 amide bonds. The number of aliphatic hydroxyl groups is 1. The topological polar surface area (TPSA) is 79.2 Å². The minimum atomic E-state index is -0.259. The summed E-state index contributed by atoms with van der Waals surface area (Å²) in [5.41, 5.74) is 0.788. The molecule has 1 aliphatic carbocycles. The maximum atomic E-state index is 11.5. The summed E-state index contributed by atoms with van der Waals surface area (Å²) >= 11 is 3.36. The van der Waals surface area contributed by atoms with E-state index in [2.05, 4.69) is 31.7 Å². The van der Waals surface area contributed by atoms with Gasteiger partial charge in [0.2, 0.25) is 0 Å². The lowest BCUT2D eigenvalue weighted by Gasteiger charge is -2.31. The molecule has 0 saturated heterocycles. The van der Waals surface area contributed by atoms with Crippen LogP contribution in [0, 0.1) is 0 Å². The van der Waals surface area contributed by atoms with Crippen molar-refractivity contribution in [1.82, 2.24) is 20.4 Å². The number of rotatable bonds is 3. The smallest absolute Gasteiger partial charge is 0.315 e. The third-order valence-corrected chi connectivity index (χ3v) is 3.38. The summed E-state index contributed by atoms with van der Waals surface area (Å²) in [6.45, 7) is 0.378. The van der Waals surface area contributed by atoms with Gasteiger partial charge in [-0.3, -0.25) is 4.68 Å². The Bertz CT molecular complexity index is 414. The Hall–Kier alpha value is -1.08. The van der Waals surface area contributed by atoms with Crippen LogP contribution in [0.3, 0.4) is 0 Å². The predicted octanol–water partition coefficient (Wildman–Crippen LogP) is 0.505. The van der Waals surface area contributed by atoms with E-state index in [0.717, 1.165) is 10.2 Å². The zero-order chi connectivity index (χ0) is 12.4. The molecule has 0 spiro atoms. The third kappa shape index (κ3) is 3.19. The minimum Gasteiger partial charge on any atom is -0.393 e. The highest BCUT2D eigenvalue weighted by Crippen LogP contribution is 2.19. The van der Waals surface area contributed by atoms with Crippen molar-refractivity contribution in [1.29, 1.82) is 0 Å². The number of carbonyl (C=O) groups excluding carboxylic acids is 1. The Kier molecular flexibility index (Phi) is 3.68. The van der Waals surface area contributed by atoms with Gasteiger partial charge in [0.25, 0.3) is 0 Å². The minimum absolute atomic E-state index is 0.0946. The Balaban J connectivity index is 1.74. The van der Waals surface area contributed by atoms with E-state index in [-0.39, 0.29) is 18.2 Å². The van der Waals surface area contributed by atoms with Gasteiger partial charge >= 0.3 is 6.03 Å². The SMILES string of the molecule is Cn1cc(Br)c(CNC(=O)NC2CC(O)C2)n1. The summed E-state index contributed by atoms with van der Waals surface area (Å²) in [4.78, 5) is 11.5. The Labute approximate surface area is 108 Å². The van der Waals surface area contributed by atoms with Crippen LogP contribution in [0.4, 0.5) is 4.79 Å². The Morgan fingerprint density at radius 3 is 2.94 bits per heavy atom. The first kappa shape index (κ1) is 12.4. The molecular weight excluding hydrogens is 288 g/mol. The van der Waals surface area contributed by atoms with Crippen molar-refractivity contribution in [3.63, 3.8) is 0 Å². The summed E-state index contributed by atoms with van der Waals surface area (Å²) in [6.07, 6.45) is 2.85. The van der Waals surface area contributed by atoms with Crippen LogP contribution in [-0.2, 0) is 13.6 Å². The molecule has 3 N–H and O–H groups in total. The van der Waals surface area contributed by atoms with E-state index in [1.807, 2.05) is 13.2 Å². The van der Waals surface area contributed by atoms with Crippen molar-refractivity contribution in [3.8, 4) is 0 Å². The van der Waals surface area contributed by atoms with E-state index in [4.69, 9.17) is 5.11 Å². The standard InChI is InChI=1S/C10H15BrN4O2/c1-15-5-8(11)9(14-15)4-12-10(17)13-6-2-7(16)3-6/h5-7,16H,2-4H2,1H3,(H2,12,13,17). The molecule has 0 aliphatic heterocycles. The lowest BCUT2D eigenvalue weighted by Crippen LogP contribution is -2.50. The van der Waals surface area contributed by atoms with Gasteiger partial charge in [-0.25, -0.2) is 4.79 Å². The maximum absolute atomic E-state index is 11.5. The normalized spacial score (nSPS) is 23.0. The van der Waals surface area contributed by atoms with E-state index >= 15 is 0 Å². The van der Waals surface area contributed by atoms with Crippen LogP contribution < -0.4 is 10.6 Å². The highest BCUT2D eigenvalue weighted by Gasteiger charge is 2.28. The summed E-state index contributed by atoms with van der Waals surface area (Å²) in [6, 6.07) is -0.128. The monoisotopic (exact) mass is 302 g/mol. The number of aromatic nitrogens is 2. The number of halogens is 1. The molecule has 1 aromatic heterocycles. The van der Waals surface area contributed by atoms with Crippen LogP contribution in [0.2, 0.25) is 0 Å². The van der Waals surface area contributed by atoms with Crippen LogP contribution in [0.15, 0.2) is 10.7 Å². The molecule has 1 saturated carbocycles. The zero-order valence-electron chi connectivity index (χ0n) is 9.48. The third-order valence-electron chi connectivity index (χ3n) is 2.72. The molecule has 7 heteroatoms. The second-order valence-electron chi connectivity index (χ2n) is 4.25. The van der Waals surface area contributed by atoms with E-state index in [1.54, 1.807) is 4.68 Å². The molecule has 94 valence electrons. The van der Waals surface area contributed by atoms with Crippen molar-refractivity contribution in [3.05, 3.63) is 16.4 Å². The molecular formula is C10H15BrN4O2. The number of nitrogens with zero attached hydrogens (tertiary/aromatic N) is 2. The number of hydrogen-bond donors (Lipinski definition) is 3. The number of amides is 2. The van der Waals surface area contributed by atoms with Gasteiger partial charge in [0.1, 0.15) is 0 Å². The van der Waals surface area contributed by atoms with Gasteiger partial charge in [-0.2, -0.15) is 5.10 Å². The van der Waals surface area contributed by atoms with E-state index in [9.17, 15) is 4.79 Å². The van der Waals surface area contributed by atoms with Gasteiger partial charge in [-0.05, 0) is 28.8 Å². The zero-order valence-corrected chi connectivity index (χ0v) is 11.1. The molecule has 1 fully saturated rings. The van der Waals surface area contributed by atoms with Crippen LogP contribution in [0.5, 0.6) is 0 Å². The quantitative estimate of drug-likeness (QED) is 0.761. The molecule has 0 unspecified atom stereocenters. The van der Waals surface area contributed by atoms with Crippen molar-refractivity contribution in [2.45, 2.75) is 31.5 Å². The average Bonchev–Trinajstić information content (AvgIpc) is 2.52. The first-order valence-electron chi connectivity index (χ1n) is 5.45. The number of urea groups is 1. The number of hydrogen-bond acceptors (Lipinski definition) is 3. The molecule has 0 atom stereocenters. The molecule has 0 bridgehead atoms. The molecule has 2 rings (SSSR count). The first-order valence-corrected chi connectivity index (χ1v) is 6.24. The van der Waals surface area contributed by atoms with Gasteiger partial charge in [0, 0.05) is 19.3 Å². The fourth-order valence-corrected chi connectivity index (χ4v) is 2.25. The van der Waals surface area contributed by atoms with Crippen LogP contribution in [-0.4, -0.2) is 33.1 Å². The number of carbonyl (C=O) groups is 1. The van der Waals surface area contributed by atoms with Gasteiger partial charge in [-0.15, -0.1) is 0 Å². The number of nitrogens with one attached hydrogen (secondary N) is 2. The molecule has 1 aliphatic rings. The fraction of sp³-hybridized carbons (Fsp3) is 0.600. The van der Waals surface area contributed by atoms with Crippen LogP contribution in [0.1, 0.15) is 18.5 Å². The van der Waals surface area contributed by atoms with Gasteiger partial charge < -0.3 is 15.7 Å². The van der Waals surface area contributed by atoms with Crippen molar-refractivity contribution in [2.75, 3.05) is 0 Å². The summed E-state index contributed by atoms with van der Waals surface area (Å²) in [5, 5.41) is 18.8.